The first-order valence-electron chi connectivity index (χ1n) is 4.53. The van der Waals surface area contributed by atoms with Gasteiger partial charge in [0.2, 0.25) is 0 Å². The van der Waals surface area contributed by atoms with Crippen LogP contribution in [0.3, 0.4) is 0 Å². The third kappa shape index (κ3) is 5.47. The van der Waals surface area contributed by atoms with Gasteiger partial charge in [0.25, 0.3) is 0 Å². The van der Waals surface area contributed by atoms with Crippen LogP contribution in [0.1, 0.15) is 40.0 Å². The number of hydrogen-bond acceptors (Lipinski definition) is 1. The fourth-order valence-electron chi connectivity index (χ4n) is 0.716. The molecule has 0 radical (unpaired) electrons. The highest BCUT2D eigenvalue weighted by atomic mass is 19.3. The minimum absolute atomic E-state index is 0.163. The molecule has 0 saturated heterocycles. The quantitative estimate of drug-likeness (QED) is 0.608. The second kappa shape index (κ2) is 5.46. The number of ether oxygens (including phenoxy) is 1. The van der Waals surface area contributed by atoms with Crippen molar-refractivity contribution in [2.75, 3.05) is 6.61 Å². The lowest BCUT2D eigenvalue weighted by Gasteiger charge is -2.15. The molecule has 0 aromatic heterocycles. The topological polar surface area (TPSA) is 9.23 Å². The molecular formula is C9H18F2O. The highest BCUT2D eigenvalue weighted by Crippen LogP contribution is 2.20. The molecule has 0 aromatic rings. The van der Waals surface area contributed by atoms with Gasteiger partial charge >= 0.3 is 6.11 Å². The van der Waals surface area contributed by atoms with E-state index >= 15 is 0 Å². The van der Waals surface area contributed by atoms with E-state index in [1.165, 1.54) is 6.92 Å². The smallest absolute Gasteiger partial charge is 0.320 e. The molecule has 0 saturated carbocycles. The van der Waals surface area contributed by atoms with Crippen LogP contribution in [0.5, 0.6) is 0 Å². The van der Waals surface area contributed by atoms with Crippen molar-refractivity contribution in [2.45, 2.75) is 46.1 Å². The van der Waals surface area contributed by atoms with E-state index in [0.717, 1.165) is 6.42 Å². The molecule has 74 valence electrons. The van der Waals surface area contributed by atoms with Crippen molar-refractivity contribution in [3.63, 3.8) is 0 Å². The number of hydrogen-bond donors (Lipinski definition) is 0. The van der Waals surface area contributed by atoms with Gasteiger partial charge in [-0.15, -0.1) is 0 Å². The number of rotatable bonds is 6. The molecule has 0 aliphatic carbocycles. The van der Waals surface area contributed by atoms with Gasteiger partial charge in [-0.2, -0.15) is 8.78 Å². The van der Waals surface area contributed by atoms with Gasteiger partial charge in [-0.3, -0.25) is 0 Å². The lowest BCUT2D eigenvalue weighted by molar-refractivity contribution is -0.240. The van der Waals surface area contributed by atoms with Crippen LogP contribution in [0, 0.1) is 5.92 Å². The maximum absolute atomic E-state index is 12.5. The lowest BCUT2D eigenvalue weighted by atomic mass is 10.1. The first kappa shape index (κ1) is 11.8. The van der Waals surface area contributed by atoms with Crippen LogP contribution >= 0.6 is 0 Å². The Morgan fingerprint density at radius 2 is 1.92 bits per heavy atom. The Kier molecular flexibility index (Phi) is 5.38. The van der Waals surface area contributed by atoms with Crippen molar-refractivity contribution in [3.05, 3.63) is 0 Å². The van der Waals surface area contributed by atoms with Gasteiger partial charge in [0.1, 0.15) is 0 Å². The van der Waals surface area contributed by atoms with Gasteiger partial charge in [0.15, 0.2) is 0 Å². The van der Waals surface area contributed by atoms with Crippen LogP contribution in [0.15, 0.2) is 0 Å². The Morgan fingerprint density at radius 1 is 1.33 bits per heavy atom. The summed E-state index contributed by atoms with van der Waals surface area (Å²) in [7, 11) is 0. The van der Waals surface area contributed by atoms with Gasteiger partial charge in [-0.05, 0) is 12.3 Å². The van der Waals surface area contributed by atoms with E-state index in [2.05, 4.69) is 4.74 Å². The van der Waals surface area contributed by atoms with Crippen LogP contribution in [0.2, 0.25) is 0 Å². The summed E-state index contributed by atoms with van der Waals surface area (Å²) >= 11 is 0. The van der Waals surface area contributed by atoms with Gasteiger partial charge in [-0.25, -0.2) is 0 Å². The molecule has 0 heterocycles. The van der Waals surface area contributed by atoms with Crippen molar-refractivity contribution in [1.82, 2.24) is 0 Å². The highest BCUT2D eigenvalue weighted by molar-refractivity contribution is 4.52. The van der Waals surface area contributed by atoms with E-state index in [9.17, 15) is 8.78 Å². The molecule has 3 heteroatoms. The molecule has 1 atom stereocenters. The SMILES string of the molecule is CCC(C)CCOC(F)(F)CC. The zero-order valence-electron chi connectivity index (χ0n) is 8.07. The zero-order chi connectivity index (χ0) is 9.61. The maximum atomic E-state index is 12.5. The summed E-state index contributed by atoms with van der Waals surface area (Å²) in [5.74, 6) is 0.470. The Bertz CT molecular complexity index is 115. The second-order valence-electron chi connectivity index (χ2n) is 3.14. The van der Waals surface area contributed by atoms with Gasteiger partial charge in [-0.1, -0.05) is 27.2 Å². The van der Waals surface area contributed by atoms with E-state index in [4.69, 9.17) is 0 Å². The number of alkyl halides is 2. The minimum Gasteiger partial charge on any atom is -0.320 e. The highest BCUT2D eigenvalue weighted by Gasteiger charge is 2.26. The average molecular weight is 180 g/mol. The lowest BCUT2D eigenvalue weighted by Crippen LogP contribution is -2.20. The van der Waals surface area contributed by atoms with Crippen LogP contribution in [0.25, 0.3) is 0 Å². The fourth-order valence-corrected chi connectivity index (χ4v) is 0.716. The van der Waals surface area contributed by atoms with E-state index in [0.29, 0.717) is 12.3 Å². The van der Waals surface area contributed by atoms with Crippen LogP contribution in [0.4, 0.5) is 8.78 Å². The summed E-state index contributed by atoms with van der Waals surface area (Å²) < 4.78 is 29.4. The largest absolute Gasteiger partial charge is 0.355 e. The molecule has 1 nitrogen and oxygen atoms in total. The van der Waals surface area contributed by atoms with Crippen molar-refractivity contribution in [2.24, 2.45) is 5.92 Å². The summed E-state index contributed by atoms with van der Waals surface area (Å²) in [6.45, 7) is 5.66. The molecule has 0 bridgehead atoms. The van der Waals surface area contributed by atoms with Gasteiger partial charge in [0, 0.05) is 6.42 Å². The fraction of sp³-hybridized carbons (Fsp3) is 1.00. The first-order valence-corrected chi connectivity index (χ1v) is 4.53. The molecule has 0 amide bonds. The summed E-state index contributed by atoms with van der Waals surface area (Å²) in [4.78, 5) is 0. The van der Waals surface area contributed by atoms with Gasteiger partial charge < -0.3 is 4.74 Å². The predicted molar refractivity (Wildman–Crippen MR) is 45.3 cm³/mol. The van der Waals surface area contributed by atoms with Crippen LogP contribution < -0.4 is 0 Å². The minimum atomic E-state index is -2.92. The van der Waals surface area contributed by atoms with Crippen molar-refractivity contribution in [1.29, 1.82) is 0 Å². The standard InChI is InChI=1S/C9H18F2O/c1-4-8(3)6-7-12-9(10,11)5-2/h8H,4-7H2,1-3H3. The van der Waals surface area contributed by atoms with E-state index in [1.54, 1.807) is 0 Å². The summed E-state index contributed by atoms with van der Waals surface area (Å²) in [6.07, 6.45) is -1.44. The van der Waals surface area contributed by atoms with Gasteiger partial charge in [0.05, 0.1) is 6.61 Å². The maximum Gasteiger partial charge on any atom is 0.355 e. The third-order valence-corrected chi connectivity index (χ3v) is 2.03. The van der Waals surface area contributed by atoms with E-state index in [1.807, 2.05) is 13.8 Å². The Morgan fingerprint density at radius 3 is 2.33 bits per heavy atom. The zero-order valence-corrected chi connectivity index (χ0v) is 8.07. The van der Waals surface area contributed by atoms with E-state index in [-0.39, 0.29) is 13.0 Å². The third-order valence-electron chi connectivity index (χ3n) is 2.03. The molecule has 12 heavy (non-hydrogen) atoms. The van der Waals surface area contributed by atoms with Crippen LogP contribution in [-0.4, -0.2) is 12.7 Å². The Labute approximate surface area is 73.1 Å². The second-order valence-corrected chi connectivity index (χ2v) is 3.14. The molecule has 1 unspecified atom stereocenters. The normalized spacial score (nSPS) is 14.8. The molecule has 0 spiro atoms. The number of halogens is 2. The van der Waals surface area contributed by atoms with Crippen molar-refractivity contribution < 1.29 is 13.5 Å². The molecule has 0 aromatic carbocycles. The van der Waals surface area contributed by atoms with Crippen molar-refractivity contribution >= 4 is 0 Å². The summed E-state index contributed by atoms with van der Waals surface area (Å²) in [6, 6.07) is 0. The molecule has 0 aliphatic rings. The van der Waals surface area contributed by atoms with E-state index < -0.39 is 6.11 Å². The Balaban J connectivity index is 3.42. The molecule has 0 N–H and O–H groups in total. The molecule has 0 rings (SSSR count). The summed E-state index contributed by atoms with van der Waals surface area (Å²) in [5.41, 5.74) is 0. The first-order chi connectivity index (χ1) is 5.52. The average Bonchev–Trinajstić information content (AvgIpc) is 2.04. The molecular weight excluding hydrogens is 162 g/mol. The molecule has 0 fully saturated rings. The molecule has 0 aliphatic heterocycles. The monoisotopic (exact) mass is 180 g/mol. The van der Waals surface area contributed by atoms with Crippen LogP contribution in [-0.2, 0) is 4.74 Å². The predicted octanol–water partition coefficient (Wildman–Crippen LogP) is 3.44. The van der Waals surface area contributed by atoms with Crippen molar-refractivity contribution in [3.8, 4) is 0 Å². The Hall–Kier alpha value is -0.180. The summed E-state index contributed by atoms with van der Waals surface area (Å²) in [5, 5.41) is 0.